The molecule has 1 heterocycles. The first-order valence-corrected chi connectivity index (χ1v) is 4.83. The first-order valence-electron chi connectivity index (χ1n) is 4.45. The second-order valence-electron chi connectivity index (χ2n) is 3.29. The normalized spacial score (nSPS) is 11.8. The number of nitrogens with zero attached hydrogens (tertiary/aromatic N) is 1. The van der Waals surface area contributed by atoms with Crippen molar-refractivity contribution in [1.29, 1.82) is 0 Å². The number of hydrogen-bond donors (Lipinski definition) is 0. The Kier molecular flexibility index (Phi) is 1.55. The van der Waals surface area contributed by atoms with Crippen molar-refractivity contribution in [2.75, 3.05) is 0 Å². The zero-order valence-electron chi connectivity index (χ0n) is 7.37. The summed E-state index contributed by atoms with van der Waals surface area (Å²) < 4.78 is 0. The third-order valence-electron chi connectivity index (χ3n) is 2.39. The molecule has 0 spiro atoms. The molecule has 0 amide bonds. The molecule has 0 N–H and O–H groups in total. The Balaban J connectivity index is 2.30. The van der Waals surface area contributed by atoms with Crippen LogP contribution in [0.3, 0.4) is 0 Å². The van der Waals surface area contributed by atoms with E-state index in [1.807, 2.05) is 36.4 Å². The van der Waals surface area contributed by atoms with Crippen LogP contribution in [-0.2, 0) is 0 Å². The van der Waals surface area contributed by atoms with Gasteiger partial charge in [0.15, 0.2) is 0 Å². The van der Waals surface area contributed by atoms with Crippen molar-refractivity contribution >= 4 is 23.0 Å². The Labute approximate surface area is 87.3 Å². The highest BCUT2D eigenvalue weighted by Crippen LogP contribution is 2.43. The van der Waals surface area contributed by atoms with Crippen molar-refractivity contribution in [1.82, 2.24) is 5.32 Å². The minimum Gasteiger partial charge on any atom is -0.248 e. The number of hydrogen-bond acceptors (Lipinski definition) is 0. The Hall–Kier alpha value is -1.47. The molecular weight excluding hydrogens is 194 g/mol. The highest BCUT2D eigenvalue weighted by molar-refractivity contribution is 6.31. The van der Waals surface area contributed by atoms with Gasteiger partial charge in [-0.15, -0.1) is 0 Å². The fourth-order valence-electron chi connectivity index (χ4n) is 1.75. The largest absolute Gasteiger partial charge is 0.248 e. The predicted molar refractivity (Wildman–Crippen MR) is 58.3 cm³/mol. The third-order valence-corrected chi connectivity index (χ3v) is 2.63. The number of benzene rings is 2. The van der Waals surface area contributed by atoms with Crippen LogP contribution in [0.15, 0.2) is 42.5 Å². The van der Waals surface area contributed by atoms with E-state index in [0.29, 0.717) is 0 Å². The lowest BCUT2D eigenvalue weighted by Crippen LogP contribution is -1.79. The quantitative estimate of drug-likeness (QED) is 0.523. The van der Waals surface area contributed by atoms with Gasteiger partial charge in [0.25, 0.3) is 0 Å². The molecular formula is C12H7ClN. The highest BCUT2D eigenvalue weighted by atomic mass is 35.5. The molecule has 3 rings (SSSR count). The van der Waals surface area contributed by atoms with E-state index in [1.165, 1.54) is 5.56 Å². The maximum atomic E-state index is 5.95. The molecule has 2 aromatic rings. The predicted octanol–water partition coefficient (Wildman–Crippen LogP) is 3.89. The fraction of sp³-hybridized carbons (Fsp3) is 0. The molecule has 1 aliphatic rings. The van der Waals surface area contributed by atoms with Gasteiger partial charge in [-0.1, -0.05) is 29.8 Å². The van der Waals surface area contributed by atoms with Crippen LogP contribution in [0.25, 0.3) is 11.1 Å². The zero-order chi connectivity index (χ0) is 9.54. The van der Waals surface area contributed by atoms with Crippen LogP contribution in [-0.4, -0.2) is 0 Å². The molecule has 14 heavy (non-hydrogen) atoms. The van der Waals surface area contributed by atoms with Gasteiger partial charge in [0, 0.05) is 16.1 Å². The monoisotopic (exact) mass is 200 g/mol. The topological polar surface area (TPSA) is 14.1 Å². The molecule has 0 atom stereocenters. The summed E-state index contributed by atoms with van der Waals surface area (Å²) in [5.41, 5.74) is 4.35. The molecule has 0 saturated heterocycles. The molecule has 67 valence electrons. The average molecular weight is 201 g/mol. The van der Waals surface area contributed by atoms with Crippen LogP contribution >= 0.6 is 11.6 Å². The molecule has 1 radical (unpaired) electrons. The molecule has 0 fully saturated rings. The van der Waals surface area contributed by atoms with Crippen LogP contribution in [0.2, 0.25) is 5.02 Å². The van der Waals surface area contributed by atoms with Crippen molar-refractivity contribution in [2.24, 2.45) is 0 Å². The molecule has 0 unspecified atom stereocenters. The third kappa shape index (κ3) is 1.03. The second-order valence-corrected chi connectivity index (χ2v) is 3.73. The summed E-state index contributed by atoms with van der Waals surface area (Å²) in [5, 5.41) is 5.26. The van der Waals surface area contributed by atoms with Gasteiger partial charge in [0.2, 0.25) is 0 Å². The van der Waals surface area contributed by atoms with E-state index in [1.54, 1.807) is 0 Å². The van der Waals surface area contributed by atoms with Crippen LogP contribution in [0.1, 0.15) is 0 Å². The van der Waals surface area contributed by atoms with E-state index in [9.17, 15) is 0 Å². The van der Waals surface area contributed by atoms with Crippen molar-refractivity contribution in [3.05, 3.63) is 47.5 Å². The lowest BCUT2D eigenvalue weighted by atomic mass is 10.1. The van der Waals surface area contributed by atoms with Gasteiger partial charge in [0.1, 0.15) is 0 Å². The fourth-order valence-corrected chi connectivity index (χ4v) is 1.92. The van der Waals surface area contributed by atoms with Gasteiger partial charge in [0.05, 0.1) is 11.4 Å². The molecule has 0 aromatic heterocycles. The summed E-state index contributed by atoms with van der Waals surface area (Å²) in [4.78, 5) is 0. The van der Waals surface area contributed by atoms with E-state index >= 15 is 0 Å². The second kappa shape index (κ2) is 2.76. The van der Waals surface area contributed by atoms with Crippen LogP contribution in [0.4, 0.5) is 11.4 Å². The van der Waals surface area contributed by atoms with Crippen LogP contribution in [0.5, 0.6) is 0 Å². The van der Waals surface area contributed by atoms with E-state index in [-0.39, 0.29) is 0 Å². The van der Waals surface area contributed by atoms with Crippen molar-refractivity contribution in [3.8, 4) is 11.1 Å². The number of para-hydroxylation sites is 1. The maximum absolute atomic E-state index is 5.95. The molecule has 0 bridgehead atoms. The lowest BCUT2D eigenvalue weighted by Gasteiger charge is -1.97. The molecule has 2 aromatic carbocycles. The Morgan fingerprint density at radius 1 is 0.857 bits per heavy atom. The zero-order valence-corrected chi connectivity index (χ0v) is 8.12. The number of halogens is 1. The first-order chi connectivity index (χ1) is 6.84. The van der Waals surface area contributed by atoms with Gasteiger partial charge >= 0.3 is 0 Å². The molecule has 1 aliphatic heterocycles. The van der Waals surface area contributed by atoms with Crippen molar-refractivity contribution < 1.29 is 0 Å². The van der Waals surface area contributed by atoms with Gasteiger partial charge in [-0.05, 0) is 24.3 Å². The van der Waals surface area contributed by atoms with Gasteiger partial charge in [-0.25, -0.2) is 5.32 Å². The molecule has 0 aliphatic carbocycles. The Morgan fingerprint density at radius 2 is 1.64 bits per heavy atom. The first kappa shape index (κ1) is 7.89. The summed E-state index contributed by atoms with van der Waals surface area (Å²) in [7, 11) is 0. The van der Waals surface area contributed by atoms with E-state index in [2.05, 4.69) is 11.4 Å². The summed E-state index contributed by atoms with van der Waals surface area (Å²) in [6, 6.07) is 13.9. The summed E-state index contributed by atoms with van der Waals surface area (Å²) in [6.07, 6.45) is 0. The number of fused-ring (bicyclic) bond motifs is 3. The summed E-state index contributed by atoms with van der Waals surface area (Å²) >= 11 is 5.95. The standard InChI is InChI=1S/C12H7ClN/c13-8-5-6-12-10(7-8)9-3-1-2-4-11(9)14-12/h1-7H. The minimum atomic E-state index is 0.760. The van der Waals surface area contributed by atoms with Crippen LogP contribution in [0, 0.1) is 0 Å². The smallest absolute Gasteiger partial charge is 0.0717 e. The lowest BCUT2D eigenvalue weighted by molar-refractivity contribution is 1.24. The minimum absolute atomic E-state index is 0.760. The van der Waals surface area contributed by atoms with Crippen LogP contribution < -0.4 is 5.32 Å². The van der Waals surface area contributed by atoms with Gasteiger partial charge in [-0.3, -0.25) is 0 Å². The maximum Gasteiger partial charge on any atom is 0.0717 e. The van der Waals surface area contributed by atoms with E-state index in [0.717, 1.165) is 22.0 Å². The molecule has 1 nitrogen and oxygen atoms in total. The summed E-state index contributed by atoms with van der Waals surface area (Å²) in [5.74, 6) is 0. The Bertz CT molecular complexity index is 505. The average Bonchev–Trinajstić information content (AvgIpc) is 2.56. The number of rotatable bonds is 0. The van der Waals surface area contributed by atoms with E-state index in [4.69, 9.17) is 11.6 Å². The van der Waals surface area contributed by atoms with Gasteiger partial charge < -0.3 is 0 Å². The summed E-state index contributed by atoms with van der Waals surface area (Å²) in [6.45, 7) is 0. The van der Waals surface area contributed by atoms with E-state index < -0.39 is 0 Å². The highest BCUT2D eigenvalue weighted by Gasteiger charge is 2.18. The van der Waals surface area contributed by atoms with Crippen molar-refractivity contribution in [3.63, 3.8) is 0 Å². The van der Waals surface area contributed by atoms with Gasteiger partial charge in [-0.2, -0.15) is 0 Å². The Morgan fingerprint density at radius 3 is 2.57 bits per heavy atom. The van der Waals surface area contributed by atoms with Crippen molar-refractivity contribution in [2.45, 2.75) is 0 Å². The molecule has 0 saturated carbocycles. The molecule has 2 heteroatoms. The SMILES string of the molecule is Clc1ccc2c(c1)-c1ccccc1[N]2.